The molecular formula is C25H20FNO5S. The van der Waals surface area contributed by atoms with E-state index < -0.39 is 12.1 Å². The Morgan fingerprint density at radius 3 is 2.91 bits per heavy atom. The van der Waals surface area contributed by atoms with Crippen molar-refractivity contribution in [2.75, 3.05) is 0 Å². The molecule has 0 fully saturated rings. The molecule has 1 aliphatic rings. The van der Waals surface area contributed by atoms with Crippen LogP contribution in [-0.4, -0.2) is 27.3 Å². The normalized spacial score (nSPS) is 17.4. The number of carboxylic acids is 1. The van der Waals surface area contributed by atoms with Crippen LogP contribution in [0.15, 0.2) is 60.7 Å². The van der Waals surface area contributed by atoms with Crippen molar-refractivity contribution in [2.24, 2.45) is 0 Å². The minimum absolute atomic E-state index is 0.226. The lowest BCUT2D eigenvalue weighted by Gasteiger charge is -2.30. The van der Waals surface area contributed by atoms with Gasteiger partial charge in [0.15, 0.2) is 0 Å². The molecule has 0 bridgehead atoms. The number of aromatic carboxylic acids is 1. The van der Waals surface area contributed by atoms with E-state index >= 15 is 0 Å². The standard InChI is InChI=1S/C25H20FNO5S/c26-16-4-7-23-20(10-16)27-24(33-23)13-31-17-5-6-22-19(11-17)21(28)12-18(32-22)9-14-2-1-3-15(8-14)25(29)30/h1-8,10-11,18,21,28H,9,12-13H2,(H,29,30)/t18-,21-/m1/s1. The number of halogens is 1. The van der Waals surface area contributed by atoms with E-state index in [1.54, 1.807) is 42.5 Å². The lowest BCUT2D eigenvalue weighted by molar-refractivity contribution is 0.0653. The molecule has 2 heterocycles. The molecule has 5 rings (SSSR count). The molecule has 6 nitrogen and oxygen atoms in total. The first-order chi connectivity index (χ1) is 15.9. The number of benzene rings is 3. The molecule has 168 valence electrons. The first-order valence-corrected chi connectivity index (χ1v) is 11.2. The molecule has 2 N–H and O–H groups in total. The first kappa shape index (κ1) is 21.4. The van der Waals surface area contributed by atoms with Gasteiger partial charge in [0, 0.05) is 24.5 Å². The van der Waals surface area contributed by atoms with Crippen molar-refractivity contribution in [3.8, 4) is 11.5 Å². The Hall–Kier alpha value is -3.49. The highest BCUT2D eigenvalue weighted by atomic mass is 32.1. The van der Waals surface area contributed by atoms with Gasteiger partial charge in [-0.15, -0.1) is 11.3 Å². The summed E-state index contributed by atoms with van der Waals surface area (Å²) in [6.07, 6.45) is -0.118. The number of hydrogen-bond acceptors (Lipinski definition) is 6. The number of hydrogen-bond donors (Lipinski definition) is 2. The van der Waals surface area contributed by atoms with E-state index in [-0.39, 0.29) is 24.1 Å². The summed E-state index contributed by atoms with van der Waals surface area (Å²) in [6, 6.07) is 16.5. The maximum atomic E-state index is 13.4. The highest BCUT2D eigenvalue weighted by Crippen LogP contribution is 2.38. The van der Waals surface area contributed by atoms with E-state index in [4.69, 9.17) is 9.47 Å². The maximum absolute atomic E-state index is 13.4. The molecule has 4 aromatic rings. The van der Waals surface area contributed by atoms with Gasteiger partial charge in [-0.3, -0.25) is 0 Å². The average molecular weight is 466 g/mol. The van der Waals surface area contributed by atoms with Gasteiger partial charge in [0.1, 0.15) is 35.0 Å². The quantitative estimate of drug-likeness (QED) is 0.410. The van der Waals surface area contributed by atoms with Gasteiger partial charge in [0.25, 0.3) is 0 Å². The van der Waals surface area contributed by atoms with E-state index in [1.807, 2.05) is 6.07 Å². The summed E-state index contributed by atoms with van der Waals surface area (Å²) < 4.78 is 26.2. The number of thiazole rings is 1. The van der Waals surface area contributed by atoms with Crippen molar-refractivity contribution in [2.45, 2.75) is 31.7 Å². The molecule has 0 spiro atoms. The van der Waals surface area contributed by atoms with E-state index in [0.29, 0.717) is 35.4 Å². The minimum atomic E-state index is -0.975. The molecule has 0 saturated heterocycles. The van der Waals surface area contributed by atoms with Crippen LogP contribution in [0, 0.1) is 5.82 Å². The summed E-state index contributed by atoms with van der Waals surface area (Å²) in [5.41, 5.74) is 2.32. The highest BCUT2D eigenvalue weighted by Gasteiger charge is 2.28. The SMILES string of the molecule is O=C(O)c1cccc(C[C@@H]2C[C@@H](O)c3cc(OCc4nc5cc(F)ccc5s4)ccc3O2)c1. The van der Waals surface area contributed by atoms with Crippen molar-refractivity contribution < 1.29 is 28.9 Å². The fourth-order valence-corrected chi connectivity index (χ4v) is 4.82. The van der Waals surface area contributed by atoms with Crippen LogP contribution >= 0.6 is 11.3 Å². The molecule has 0 unspecified atom stereocenters. The second kappa shape index (κ2) is 8.80. The van der Waals surface area contributed by atoms with Crippen molar-refractivity contribution in [1.29, 1.82) is 0 Å². The van der Waals surface area contributed by atoms with Crippen LogP contribution in [-0.2, 0) is 13.0 Å². The number of aliphatic hydroxyl groups is 1. The number of ether oxygens (including phenoxy) is 2. The minimum Gasteiger partial charge on any atom is -0.490 e. The van der Waals surface area contributed by atoms with Crippen LogP contribution in [0.4, 0.5) is 4.39 Å². The Bertz CT molecular complexity index is 1340. The van der Waals surface area contributed by atoms with E-state index in [1.165, 1.54) is 23.5 Å². The van der Waals surface area contributed by atoms with Gasteiger partial charge in [0.2, 0.25) is 0 Å². The second-order valence-corrected chi connectivity index (χ2v) is 9.02. The number of nitrogens with zero attached hydrogens (tertiary/aromatic N) is 1. The molecule has 0 amide bonds. The van der Waals surface area contributed by atoms with Crippen LogP contribution in [0.5, 0.6) is 11.5 Å². The number of rotatable bonds is 6. The van der Waals surface area contributed by atoms with Gasteiger partial charge in [-0.2, -0.15) is 0 Å². The van der Waals surface area contributed by atoms with Gasteiger partial charge < -0.3 is 19.7 Å². The zero-order valence-corrected chi connectivity index (χ0v) is 18.2. The molecule has 1 aromatic heterocycles. The number of aromatic nitrogens is 1. The first-order valence-electron chi connectivity index (χ1n) is 10.4. The molecule has 0 radical (unpaired) electrons. The summed E-state index contributed by atoms with van der Waals surface area (Å²) in [5.74, 6) is -0.139. The van der Waals surface area contributed by atoms with Gasteiger partial charge in [-0.25, -0.2) is 14.2 Å². The highest BCUT2D eigenvalue weighted by molar-refractivity contribution is 7.18. The Morgan fingerprint density at radius 1 is 1.18 bits per heavy atom. The van der Waals surface area contributed by atoms with Gasteiger partial charge in [0.05, 0.1) is 21.9 Å². The fourth-order valence-electron chi connectivity index (χ4n) is 3.96. The monoisotopic (exact) mass is 465 g/mol. The topological polar surface area (TPSA) is 88.9 Å². The van der Waals surface area contributed by atoms with Crippen LogP contribution in [0.3, 0.4) is 0 Å². The Kier molecular flexibility index (Phi) is 5.70. The van der Waals surface area contributed by atoms with Crippen molar-refractivity contribution in [3.63, 3.8) is 0 Å². The third-order valence-electron chi connectivity index (χ3n) is 5.51. The van der Waals surface area contributed by atoms with Crippen molar-refractivity contribution in [1.82, 2.24) is 4.98 Å². The molecule has 0 aliphatic carbocycles. The smallest absolute Gasteiger partial charge is 0.335 e. The molecule has 8 heteroatoms. The third-order valence-corrected chi connectivity index (χ3v) is 6.52. The summed E-state index contributed by atoms with van der Waals surface area (Å²) in [7, 11) is 0. The molecule has 0 saturated carbocycles. The van der Waals surface area contributed by atoms with Crippen LogP contribution in [0.2, 0.25) is 0 Å². The summed E-state index contributed by atoms with van der Waals surface area (Å²) in [4.78, 5) is 15.6. The molecule has 2 atom stereocenters. The number of carbonyl (C=O) groups is 1. The van der Waals surface area contributed by atoms with Gasteiger partial charge >= 0.3 is 5.97 Å². The third kappa shape index (κ3) is 4.67. The Labute approximate surface area is 192 Å². The van der Waals surface area contributed by atoms with E-state index in [2.05, 4.69) is 4.98 Å². The van der Waals surface area contributed by atoms with Crippen LogP contribution in [0.25, 0.3) is 10.2 Å². The summed E-state index contributed by atoms with van der Waals surface area (Å²) >= 11 is 1.44. The summed E-state index contributed by atoms with van der Waals surface area (Å²) in [6.45, 7) is 0.235. The lowest BCUT2D eigenvalue weighted by atomic mass is 9.94. The van der Waals surface area contributed by atoms with E-state index in [9.17, 15) is 19.4 Å². The molecular weight excluding hydrogens is 445 g/mol. The van der Waals surface area contributed by atoms with E-state index in [0.717, 1.165) is 15.3 Å². The number of aliphatic hydroxyl groups excluding tert-OH is 1. The van der Waals surface area contributed by atoms with Crippen molar-refractivity contribution >= 4 is 27.5 Å². The molecule has 33 heavy (non-hydrogen) atoms. The largest absolute Gasteiger partial charge is 0.490 e. The predicted molar refractivity (Wildman–Crippen MR) is 121 cm³/mol. The van der Waals surface area contributed by atoms with Crippen LogP contribution in [0.1, 0.15) is 39.0 Å². The second-order valence-electron chi connectivity index (χ2n) is 7.91. The fraction of sp³-hybridized carbons (Fsp3) is 0.200. The lowest BCUT2D eigenvalue weighted by Crippen LogP contribution is -2.27. The van der Waals surface area contributed by atoms with Crippen molar-refractivity contribution in [3.05, 3.63) is 88.2 Å². The predicted octanol–water partition coefficient (Wildman–Crippen LogP) is 5.14. The number of fused-ring (bicyclic) bond motifs is 2. The average Bonchev–Trinajstić information content (AvgIpc) is 3.20. The number of carboxylic acid groups (broad SMARTS) is 1. The Balaban J connectivity index is 1.26. The summed E-state index contributed by atoms with van der Waals surface area (Å²) in [5, 5.41) is 20.6. The molecule has 3 aromatic carbocycles. The van der Waals surface area contributed by atoms with Gasteiger partial charge in [-0.1, -0.05) is 12.1 Å². The zero-order chi connectivity index (χ0) is 22.9. The molecule has 1 aliphatic heterocycles. The Morgan fingerprint density at radius 2 is 2.06 bits per heavy atom. The zero-order valence-electron chi connectivity index (χ0n) is 17.4. The van der Waals surface area contributed by atoms with Crippen LogP contribution < -0.4 is 9.47 Å². The van der Waals surface area contributed by atoms with Gasteiger partial charge in [-0.05, 0) is 48.0 Å². The maximum Gasteiger partial charge on any atom is 0.335 e.